The smallest absolute Gasteiger partial charge is 0.352 e. The average Bonchev–Trinajstić information content (AvgIpc) is 3.14. The van der Waals surface area contributed by atoms with Crippen LogP contribution in [0.5, 0.6) is 0 Å². The number of carboxylic acid groups (broad SMARTS) is 2. The van der Waals surface area contributed by atoms with E-state index in [1.165, 1.54) is 33.8 Å². The number of nitrogen functional groups attached to an aromatic ring is 1. The summed E-state index contributed by atoms with van der Waals surface area (Å²) in [5.74, 6) is -3.00. The number of carbonyl (C=O) groups excluding carboxylic acids is 2. The first-order valence-corrected chi connectivity index (χ1v) is 11.9. The van der Waals surface area contributed by atoms with Gasteiger partial charge in [-0.15, -0.1) is 23.1 Å². The number of β-lactam (4-membered cyclic amide) rings is 1. The van der Waals surface area contributed by atoms with Crippen LogP contribution in [-0.4, -0.2) is 85.3 Å². The number of amides is 2. The number of nitrogens with one attached hydrogen (secondary N) is 1. The number of rotatable bonds is 9. The number of fused-ring (bicyclic) bond motifs is 1. The Morgan fingerprint density at radius 1 is 1.45 bits per heavy atom. The predicted octanol–water partition coefficient (Wildman–Crippen LogP) is -0.368. The van der Waals surface area contributed by atoms with Crippen LogP contribution in [0.2, 0.25) is 0 Å². The first kappa shape index (κ1) is 22.9. The van der Waals surface area contributed by atoms with Crippen LogP contribution in [-0.2, 0) is 24.0 Å². The maximum Gasteiger partial charge on any atom is 0.352 e. The Morgan fingerprint density at radius 2 is 2.19 bits per heavy atom. The Hall–Kier alpha value is -2.78. The topological polar surface area (TPSA) is 185 Å². The largest absolute Gasteiger partial charge is 0.479 e. The number of aliphatic carboxylic acids is 2. The summed E-state index contributed by atoms with van der Waals surface area (Å²) in [6, 6.07) is -0.983. The maximum atomic E-state index is 12.8. The van der Waals surface area contributed by atoms with Crippen molar-refractivity contribution in [1.29, 1.82) is 0 Å². The molecule has 2 aliphatic rings. The molecule has 2 amide bonds. The second kappa shape index (κ2) is 9.57. The van der Waals surface area contributed by atoms with Crippen molar-refractivity contribution in [3.8, 4) is 0 Å². The number of nitrogens with zero attached hydrogens (tertiary/aromatic N) is 3. The Morgan fingerprint density at radius 3 is 2.77 bits per heavy atom. The molecule has 1 unspecified atom stereocenters. The van der Waals surface area contributed by atoms with Gasteiger partial charge in [0.25, 0.3) is 11.8 Å². The van der Waals surface area contributed by atoms with Gasteiger partial charge in [0.2, 0.25) is 6.61 Å². The summed E-state index contributed by atoms with van der Waals surface area (Å²) in [5, 5.41) is 25.3. The number of carbonyl (C=O) groups is 4. The van der Waals surface area contributed by atoms with Crippen LogP contribution in [0.25, 0.3) is 0 Å². The van der Waals surface area contributed by atoms with E-state index in [-0.39, 0.29) is 22.2 Å². The average molecular weight is 488 g/mol. The fourth-order valence-corrected chi connectivity index (χ4v) is 5.54. The zero-order chi connectivity index (χ0) is 22.7. The minimum absolute atomic E-state index is 0.0543. The van der Waals surface area contributed by atoms with E-state index in [4.69, 9.17) is 10.8 Å². The van der Waals surface area contributed by atoms with Gasteiger partial charge in [-0.2, -0.15) is 11.8 Å². The van der Waals surface area contributed by atoms with Gasteiger partial charge < -0.3 is 26.1 Å². The molecule has 31 heavy (non-hydrogen) atoms. The molecule has 15 heteroatoms. The van der Waals surface area contributed by atoms with Crippen molar-refractivity contribution in [1.82, 2.24) is 15.2 Å². The summed E-state index contributed by atoms with van der Waals surface area (Å²) in [6.07, 6.45) is 1.84. The SMILES string of the molecule is CSCC1=C(C(=O)O)N2C(=O)C(NC(=O)/C(=N\OCC(=O)O)c3csc(N)n3)[C@H]2SC1. The highest BCUT2D eigenvalue weighted by atomic mass is 32.2. The third-order valence-electron chi connectivity index (χ3n) is 4.18. The van der Waals surface area contributed by atoms with Crippen LogP contribution in [0.4, 0.5) is 5.13 Å². The molecule has 3 heterocycles. The van der Waals surface area contributed by atoms with Crippen LogP contribution in [0.15, 0.2) is 21.8 Å². The Bertz CT molecular complexity index is 992. The monoisotopic (exact) mass is 487 g/mol. The quantitative estimate of drug-likeness (QED) is 0.202. The highest BCUT2D eigenvalue weighted by Crippen LogP contribution is 2.40. The molecule has 0 aromatic carbocycles. The summed E-state index contributed by atoms with van der Waals surface area (Å²) in [5.41, 5.74) is 5.87. The van der Waals surface area contributed by atoms with Gasteiger partial charge in [0.05, 0.1) is 0 Å². The van der Waals surface area contributed by atoms with Gasteiger partial charge in [0.15, 0.2) is 10.8 Å². The van der Waals surface area contributed by atoms with E-state index < -0.39 is 41.8 Å². The molecule has 3 rings (SSSR count). The van der Waals surface area contributed by atoms with Crippen LogP contribution < -0.4 is 11.1 Å². The number of anilines is 1. The van der Waals surface area contributed by atoms with Crippen molar-refractivity contribution in [2.45, 2.75) is 11.4 Å². The third-order valence-corrected chi connectivity index (χ3v) is 6.83. The molecule has 12 nitrogen and oxygen atoms in total. The summed E-state index contributed by atoms with van der Waals surface area (Å²) < 4.78 is 0. The van der Waals surface area contributed by atoms with Gasteiger partial charge in [0, 0.05) is 16.9 Å². The minimum atomic E-state index is -1.29. The molecule has 0 saturated carbocycles. The van der Waals surface area contributed by atoms with Crippen molar-refractivity contribution in [2.75, 3.05) is 30.1 Å². The lowest BCUT2D eigenvalue weighted by molar-refractivity contribution is -0.150. The van der Waals surface area contributed by atoms with Gasteiger partial charge in [0.1, 0.15) is 22.8 Å². The standard InChI is InChI=1S/C16H17N5O7S3/c1-29-3-6-4-30-14-10(13(25)21(14)11(6)15(26)27)19-12(24)9(20-28-2-8(22)23)7-5-31-16(17)18-7/h5,10,14H,2-4H2,1H3,(H2,17,18)(H,19,24)(H,22,23)(H,26,27)/b20-9-/t10?,14-/m1/s1. The number of nitrogens with two attached hydrogens (primary N) is 1. The van der Waals surface area contributed by atoms with Gasteiger partial charge in [-0.1, -0.05) is 5.16 Å². The summed E-state index contributed by atoms with van der Waals surface area (Å²) >= 11 is 3.83. The highest BCUT2D eigenvalue weighted by Gasteiger charge is 2.54. The zero-order valence-electron chi connectivity index (χ0n) is 15.9. The molecule has 5 N–H and O–H groups in total. The molecular weight excluding hydrogens is 470 g/mol. The molecule has 166 valence electrons. The van der Waals surface area contributed by atoms with Crippen LogP contribution >= 0.6 is 34.9 Å². The summed E-state index contributed by atoms with van der Waals surface area (Å²) in [6.45, 7) is -0.782. The maximum absolute atomic E-state index is 12.8. The lowest BCUT2D eigenvalue weighted by atomic mass is 10.0. The second-order valence-corrected chi connectivity index (χ2v) is 9.09. The molecule has 1 aromatic heterocycles. The number of aromatic nitrogens is 1. The summed E-state index contributed by atoms with van der Waals surface area (Å²) in [7, 11) is 0. The molecular formula is C16H17N5O7S3. The zero-order valence-corrected chi connectivity index (χ0v) is 18.4. The van der Waals surface area contributed by atoms with Gasteiger partial charge in [-0.3, -0.25) is 14.5 Å². The van der Waals surface area contributed by atoms with E-state index >= 15 is 0 Å². The van der Waals surface area contributed by atoms with Crippen molar-refractivity contribution in [2.24, 2.45) is 5.16 Å². The number of hydrogen-bond donors (Lipinski definition) is 4. The molecule has 0 radical (unpaired) electrons. The lowest BCUT2D eigenvalue weighted by Gasteiger charge is -2.49. The van der Waals surface area contributed by atoms with E-state index in [2.05, 4.69) is 20.3 Å². The van der Waals surface area contributed by atoms with E-state index in [0.717, 1.165) is 11.3 Å². The lowest BCUT2D eigenvalue weighted by Crippen LogP contribution is -2.71. The van der Waals surface area contributed by atoms with Crippen molar-refractivity contribution in [3.63, 3.8) is 0 Å². The number of hydrogen-bond acceptors (Lipinski definition) is 11. The van der Waals surface area contributed by atoms with Gasteiger partial charge in [-0.25, -0.2) is 14.6 Å². The Balaban J connectivity index is 1.78. The molecule has 2 aliphatic heterocycles. The van der Waals surface area contributed by atoms with E-state index in [0.29, 0.717) is 17.1 Å². The first-order chi connectivity index (χ1) is 14.7. The van der Waals surface area contributed by atoms with Crippen molar-refractivity contribution >= 4 is 69.5 Å². The third kappa shape index (κ3) is 4.77. The highest BCUT2D eigenvalue weighted by molar-refractivity contribution is 8.00. The second-order valence-electron chi connectivity index (χ2n) is 6.23. The summed E-state index contributed by atoms with van der Waals surface area (Å²) in [4.78, 5) is 57.6. The van der Waals surface area contributed by atoms with E-state index in [1.54, 1.807) is 0 Å². The molecule has 0 aliphatic carbocycles. The van der Waals surface area contributed by atoms with E-state index in [1.807, 2.05) is 6.26 Å². The van der Waals surface area contributed by atoms with Crippen LogP contribution in [0.3, 0.4) is 0 Å². The van der Waals surface area contributed by atoms with Crippen LogP contribution in [0.1, 0.15) is 5.69 Å². The molecule has 2 atom stereocenters. The molecule has 1 aromatic rings. The van der Waals surface area contributed by atoms with Gasteiger partial charge >= 0.3 is 11.9 Å². The Kier molecular flexibility index (Phi) is 7.07. The fraction of sp³-hybridized carbons (Fsp3) is 0.375. The molecule has 0 bridgehead atoms. The van der Waals surface area contributed by atoms with Crippen molar-refractivity contribution < 1.29 is 34.2 Å². The molecule has 1 fully saturated rings. The first-order valence-electron chi connectivity index (χ1n) is 8.57. The predicted molar refractivity (Wildman–Crippen MR) is 115 cm³/mol. The number of carboxylic acids is 2. The van der Waals surface area contributed by atoms with Crippen molar-refractivity contribution in [3.05, 3.63) is 22.3 Å². The molecule has 0 spiro atoms. The fourth-order valence-electron chi connectivity index (χ4n) is 2.93. The normalized spacial score (nSPS) is 20.7. The Labute approximate surface area is 187 Å². The van der Waals surface area contributed by atoms with E-state index in [9.17, 15) is 24.3 Å². The van der Waals surface area contributed by atoms with Crippen LogP contribution in [0, 0.1) is 0 Å². The minimum Gasteiger partial charge on any atom is -0.479 e. The number of thiazole rings is 1. The number of thioether (sulfide) groups is 2. The van der Waals surface area contributed by atoms with Gasteiger partial charge in [-0.05, 0) is 11.8 Å². The molecule has 1 saturated heterocycles. The number of oxime groups is 1.